The molecule has 0 aliphatic carbocycles. The molecule has 0 saturated carbocycles. The van der Waals surface area contributed by atoms with Crippen molar-refractivity contribution in [2.24, 2.45) is 11.8 Å². The predicted octanol–water partition coefficient (Wildman–Crippen LogP) is 4.66. The molecule has 2 saturated heterocycles. The summed E-state index contributed by atoms with van der Waals surface area (Å²) in [6.45, 7) is 6.36. The number of rotatable bonds is 12. The highest BCUT2D eigenvalue weighted by atomic mass is 32.2. The van der Waals surface area contributed by atoms with Crippen molar-refractivity contribution in [1.82, 2.24) is 9.62 Å². The Hall–Kier alpha value is -3.59. The predicted molar refractivity (Wildman–Crippen MR) is 183 cm³/mol. The van der Waals surface area contributed by atoms with Gasteiger partial charge in [-0.1, -0.05) is 44.2 Å². The number of sulfonamides is 1. The van der Waals surface area contributed by atoms with E-state index in [1.807, 2.05) is 63.2 Å². The second-order valence-corrected chi connectivity index (χ2v) is 16.1. The van der Waals surface area contributed by atoms with Gasteiger partial charge in [0.2, 0.25) is 10.0 Å². The van der Waals surface area contributed by atoms with Crippen LogP contribution in [0.5, 0.6) is 0 Å². The lowest BCUT2D eigenvalue weighted by Crippen LogP contribution is -2.51. The van der Waals surface area contributed by atoms with Gasteiger partial charge in [0, 0.05) is 34.1 Å². The van der Waals surface area contributed by atoms with Crippen LogP contribution in [0.1, 0.15) is 41.1 Å². The molecule has 3 aliphatic heterocycles. The number of alkyl carbamates (subject to hydrolysis) is 1. The number of hydrogen-bond acceptors (Lipinski definition) is 9. The summed E-state index contributed by atoms with van der Waals surface area (Å²) >= 11 is 1.54. The number of carbonyl (C=O) groups is 2. The lowest BCUT2D eigenvalue weighted by molar-refractivity contribution is -0.110. The Labute approximate surface area is 284 Å². The van der Waals surface area contributed by atoms with Crippen LogP contribution in [0.2, 0.25) is 0 Å². The number of aryl methyl sites for hydroxylation is 1. The Kier molecular flexibility index (Phi) is 10.3. The fourth-order valence-corrected chi connectivity index (χ4v) is 8.80. The van der Waals surface area contributed by atoms with Gasteiger partial charge in [-0.3, -0.25) is 4.79 Å². The molecule has 2 fully saturated rings. The second-order valence-electron chi connectivity index (χ2n) is 12.9. The van der Waals surface area contributed by atoms with Crippen LogP contribution in [-0.4, -0.2) is 80.7 Å². The summed E-state index contributed by atoms with van der Waals surface area (Å²) in [6, 6.07) is 16.9. The highest BCUT2D eigenvalue weighted by molar-refractivity contribution is 7.89. The molecule has 5 atom stereocenters. The van der Waals surface area contributed by atoms with Crippen molar-refractivity contribution in [3.05, 3.63) is 81.5 Å². The first kappa shape index (κ1) is 34.3. The molecule has 3 N–H and O–H groups in total. The van der Waals surface area contributed by atoms with Gasteiger partial charge in [0.05, 0.1) is 41.7 Å². The van der Waals surface area contributed by atoms with E-state index in [9.17, 15) is 23.1 Å². The van der Waals surface area contributed by atoms with E-state index in [1.54, 1.807) is 12.1 Å². The molecule has 2 amide bonds. The highest BCUT2D eigenvalue weighted by Crippen LogP contribution is 2.37. The zero-order valence-electron chi connectivity index (χ0n) is 27.1. The van der Waals surface area contributed by atoms with Crippen LogP contribution in [-0.2, 0) is 35.4 Å². The highest BCUT2D eigenvalue weighted by Gasteiger charge is 2.44. The van der Waals surface area contributed by atoms with E-state index in [2.05, 4.69) is 10.6 Å². The molecule has 6 rings (SSSR count). The maximum absolute atomic E-state index is 14.2. The minimum absolute atomic E-state index is 0.000378. The van der Waals surface area contributed by atoms with E-state index in [0.717, 1.165) is 21.7 Å². The Morgan fingerprint density at radius 2 is 1.94 bits per heavy atom. The largest absolute Gasteiger partial charge is 0.443 e. The van der Waals surface area contributed by atoms with Crippen molar-refractivity contribution in [3.63, 3.8) is 0 Å². The molecule has 3 aliphatic rings. The van der Waals surface area contributed by atoms with Gasteiger partial charge in [-0.15, -0.1) is 11.3 Å². The average Bonchev–Trinajstić information content (AvgIpc) is 3.83. The SMILES string of the molecule is Cc1ccc(/C=C2\C(=O)Nc3ccc(S(=O)(=O)N(CC(C)C)CC(O)C(Cc4ccccc4)NC(=O)OC4COC5OCCC45)cc32)s1. The molecule has 5 unspecified atom stereocenters. The van der Waals surface area contributed by atoms with Crippen LogP contribution in [0.15, 0.2) is 65.6 Å². The number of aliphatic hydroxyl groups is 1. The minimum atomic E-state index is -4.15. The third kappa shape index (κ3) is 7.66. The van der Waals surface area contributed by atoms with Gasteiger partial charge in [0.1, 0.15) is 6.10 Å². The van der Waals surface area contributed by atoms with Gasteiger partial charge in [-0.05, 0) is 67.7 Å². The van der Waals surface area contributed by atoms with Crippen molar-refractivity contribution in [2.75, 3.05) is 31.6 Å². The monoisotopic (exact) mass is 695 g/mol. The first-order valence-electron chi connectivity index (χ1n) is 16.1. The maximum atomic E-state index is 14.2. The summed E-state index contributed by atoms with van der Waals surface area (Å²) in [4.78, 5) is 28.0. The number of nitrogens with one attached hydrogen (secondary N) is 2. The molecule has 2 aromatic carbocycles. The summed E-state index contributed by atoms with van der Waals surface area (Å²) in [6.07, 6.45) is -0.141. The van der Waals surface area contributed by atoms with Gasteiger partial charge < -0.3 is 30.0 Å². The smallest absolute Gasteiger partial charge is 0.407 e. The van der Waals surface area contributed by atoms with Gasteiger partial charge in [0.25, 0.3) is 5.91 Å². The number of fused-ring (bicyclic) bond motifs is 2. The summed E-state index contributed by atoms with van der Waals surface area (Å²) in [5.74, 6) is -0.430. The topological polar surface area (TPSA) is 144 Å². The zero-order chi connectivity index (χ0) is 34.0. The molecule has 0 spiro atoms. The van der Waals surface area contributed by atoms with Crippen LogP contribution >= 0.6 is 11.3 Å². The summed E-state index contributed by atoms with van der Waals surface area (Å²) in [5.41, 5.74) is 2.26. The number of hydrogen-bond donors (Lipinski definition) is 3. The van der Waals surface area contributed by atoms with Crippen molar-refractivity contribution in [3.8, 4) is 0 Å². The Morgan fingerprint density at radius 3 is 2.67 bits per heavy atom. The first-order chi connectivity index (χ1) is 23.0. The Balaban J connectivity index is 1.24. The van der Waals surface area contributed by atoms with E-state index in [-0.39, 0.29) is 55.0 Å². The number of ether oxygens (including phenoxy) is 3. The third-order valence-corrected chi connectivity index (χ3v) is 11.5. The number of carbonyl (C=O) groups excluding carboxylic acids is 2. The molecule has 3 aromatic rings. The Bertz CT molecular complexity index is 1770. The molecule has 11 nitrogen and oxygen atoms in total. The summed E-state index contributed by atoms with van der Waals surface area (Å²) in [7, 11) is -4.15. The first-order valence-corrected chi connectivity index (χ1v) is 18.4. The normalized spacial score (nSPS) is 22.5. The van der Waals surface area contributed by atoms with Gasteiger partial charge in [-0.25, -0.2) is 13.2 Å². The van der Waals surface area contributed by atoms with E-state index in [0.29, 0.717) is 23.4 Å². The van der Waals surface area contributed by atoms with Crippen LogP contribution in [0.25, 0.3) is 11.6 Å². The fourth-order valence-electron chi connectivity index (χ4n) is 6.33. The molecule has 0 radical (unpaired) electrons. The third-order valence-electron chi connectivity index (χ3n) is 8.73. The van der Waals surface area contributed by atoms with Gasteiger partial charge in [-0.2, -0.15) is 4.31 Å². The lowest BCUT2D eigenvalue weighted by atomic mass is 10.0. The minimum Gasteiger partial charge on any atom is -0.443 e. The van der Waals surface area contributed by atoms with Crippen molar-refractivity contribution < 1.29 is 37.3 Å². The number of aliphatic hydroxyl groups excluding tert-OH is 1. The van der Waals surface area contributed by atoms with Crippen LogP contribution in [0.3, 0.4) is 0 Å². The number of benzene rings is 2. The van der Waals surface area contributed by atoms with E-state index >= 15 is 0 Å². The van der Waals surface area contributed by atoms with Crippen molar-refractivity contribution >= 4 is 50.7 Å². The average molecular weight is 696 g/mol. The molecule has 48 heavy (non-hydrogen) atoms. The zero-order valence-corrected chi connectivity index (χ0v) is 28.8. The standard InChI is InChI=1S/C35H41N3O8S2/c1-21(2)18-38(48(42,43)25-11-12-29-27(17-25)28(33(40)36-29)16-24-10-9-22(3)47-24)19-31(39)30(15-23-7-5-4-6-8-23)37-35(41)46-32-20-45-34-26(32)13-14-44-34/h4-12,16-17,21,26,30-32,34,39H,13-15,18-20H2,1-3H3,(H,36,40)(H,37,41)/b28-16-. The number of thiophene rings is 1. The molecule has 0 bridgehead atoms. The molecule has 4 heterocycles. The van der Waals surface area contributed by atoms with Crippen molar-refractivity contribution in [2.45, 2.75) is 63.0 Å². The molecular weight excluding hydrogens is 655 g/mol. The molecular formula is C35H41N3O8S2. The second kappa shape index (κ2) is 14.5. The number of amides is 2. The van der Waals surface area contributed by atoms with E-state index in [1.165, 1.54) is 27.8 Å². The van der Waals surface area contributed by atoms with Gasteiger partial charge in [0.15, 0.2) is 6.29 Å². The van der Waals surface area contributed by atoms with E-state index < -0.39 is 34.4 Å². The fraction of sp³-hybridized carbons (Fsp3) is 0.429. The summed E-state index contributed by atoms with van der Waals surface area (Å²) in [5, 5.41) is 17.3. The molecule has 256 valence electrons. The van der Waals surface area contributed by atoms with Crippen LogP contribution in [0, 0.1) is 18.8 Å². The lowest BCUT2D eigenvalue weighted by Gasteiger charge is -2.31. The van der Waals surface area contributed by atoms with Crippen LogP contribution < -0.4 is 10.6 Å². The van der Waals surface area contributed by atoms with Gasteiger partial charge >= 0.3 is 6.09 Å². The summed E-state index contributed by atoms with van der Waals surface area (Å²) < 4.78 is 46.6. The number of anilines is 1. The molecule has 13 heteroatoms. The molecule has 1 aromatic heterocycles. The maximum Gasteiger partial charge on any atom is 0.407 e. The van der Waals surface area contributed by atoms with E-state index in [4.69, 9.17) is 14.2 Å². The Morgan fingerprint density at radius 1 is 1.15 bits per heavy atom. The van der Waals surface area contributed by atoms with Crippen LogP contribution in [0.4, 0.5) is 10.5 Å². The van der Waals surface area contributed by atoms with Crippen molar-refractivity contribution in [1.29, 1.82) is 0 Å². The number of nitrogens with zero attached hydrogens (tertiary/aromatic N) is 1. The quantitative estimate of drug-likeness (QED) is 0.233.